The van der Waals surface area contributed by atoms with Crippen molar-refractivity contribution in [3.05, 3.63) is 60.2 Å². The lowest BCUT2D eigenvalue weighted by Crippen LogP contribution is -2.27. The maximum atomic E-state index is 2.48. The monoisotopic (exact) mass is 318 g/mol. The summed E-state index contributed by atoms with van der Waals surface area (Å²) in [6.07, 6.45) is 14.3. The molecule has 0 radical (unpaired) electrons. The minimum Gasteiger partial charge on any atom is -0.0786 e. The highest BCUT2D eigenvalue weighted by Gasteiger charge is 2.13. The zero-order valence-electron chi connectivity index (χ0n) is 15.1. The Morgan fingerprint density at radius 3 is 1.83 bits per heavy atom. The standard InChI is InChI=1S/C23H31B/c1-2-4-6-9-14-20(13-8-5-3-1)21-15-12-18-23(19-21)24-22-16-10-7-11-17-22/h7,10-12,15-20,24H,1-6,8-9,13-14H2. The first-order valence-corrected chi connectivity index (χ1v) is 10.0. The summed E-state index contributed by atoms with van der Waals surface area (Å²) >= 11 is 0. The third-order valence-electron chi connectivity index (χ3n) is 5.53. The minimum absolute atomic E-state index is 0.777. The van der Waals surface area contributed by atoms with Gasteiger partial charge in [0.25, 0.3) is 0 Å². The molecule has 1 saturated carbocycles. The number of rotatable bonds is 3. The van der Waals surface area contributed by atoms with E-state index in [1.807, 2.05) is 0 Å². The molecule has 0 heterocycles. The summed E-state index contributed by atoms with van der Waals surface area (Å²) in [5.41, 5.74) is 4.47. The minimum atomic E-state index is 0.777. The van der Waals surface area contributed by atoms with Crippen molar-refractivity contribution in [2.45, 2.75) is 70.1 Å². The van der Waals surface area contributed by atoms with Gasteiger partial charge in [0, 0.05) is 0 Å². The number of benzene rings is 2. The molecule has 0 atom stereocenters. The van der Waals surface area contributed by atoms with Gasteiger partial charge in [-0.3, -0.25) is 0 Å². The molecule has 1 heteroatoms. The van der Waals surface area contributed by atoms with Crippen LogP contribution in [0.3, 0.4) is 0 Å². The van der Waals surface area contributed by atoms with Crippen molar-refractivity contribution < 1.29 is 0 Å². The van der Waals surface area contributed by atoms with E-state index in [9.17, 15) is 0 Å². The van der Waals surface area contributed by atoms with Crippen molar-refractivity contribution in [3.63, 3.8) is 0 Å². The van der Waals surface area contributed by atoms with Gasteiger partial charge in [0.05, 0.1) is 0 Å². The summed E-state index contributed by atoms with van der Waals surface area (Å²) < 4.78 is 0. The summed E-state index contributed by atoms with van der Waals surface area (Å²) in [4.78, 5) is 0. The van der Waals surface area contributed by atoms with E-state index in [-0.39, 0.29) is 0 Å². The summed E-state index contributed by atoms with van der Waals surface area (Å²) in [5.74, 6) is 0.777. The molecular formula is C23H31B. The molecule has 0 N–H and O–H groups in total. The lowest BCUT2D eigenvalue weighted by molar-refractivity contribution is 0.514. The molecule has 0 amide bonds. The van der Waals surface area contributed by atoms with Crippen molar-refractivity contribution in [3.8, 4) is 0 Å². The Morgan fingerprint density at radius 2 is 1.17 bits per heavy atom. The van der Waals surface area contributed by atoms with E-state index in [4.69, 9.17) is 0 Å². The topological polar surface area (TPSA) is 0 Å². The second-order valence-corrected chi connectivity index (χ2v) is 7.51. The molecule has 0 unspecified atom stereocenters. The van der Waals surface area contributed by atoms with E-state index in [1.165, 1.54) is 75.1 Å². The van der Waals surface area contributed by atoms with Crippen LogP contribution in [0.5, 0.6) is 0 Å². The first-order valence-electron chi connectivity index (χ1n) is 10.0. The quantitative estimate of drug-likeness (QED) is 0.693. The summed E-state index contributed by atoms with van der Waals surface area (Å²) in [6, 6.07) is 20.3. The Morgan fingerprint density at radius 1 is 0.583 bits per heavy atom. The number of hydrogen-bond donors (Lipinski definition) is 0. The molecule has 0 spiro atoms. The van der Waals surface area contributed by atoms with Gasteiger partial charge < -0.3 is 0 Å². The molecule has 2 aromatic rings. The predicted octanol–water partition coefficient (Wildman–Crippen LogP) is 5.07. The van der Waals surface area contributed by atoms with Gasteiger partial charge in [-0.15, -0.1) is 0 Å². The normalized spacial score (nSPS) is 17.8. The fourth-order valence-corrected chi connectivity index (χ4v) is 4.11. The Bertz CT molecular complexity index is 578. The van der Waals surface area contributed by atoms with Gasteiger partial charge in [-0.2, -0.15) is 0 Å². The molecule has 1 fully saturated rings. The molecule has 2 aromatic carbocycles. The van der Waals surface area contributed by atoms with E-state index in [1.54, 1.807) is 5.56 Å². The fourth-order valence-electron chi connectivity index (χ4n) is 4.11. The molecule has 1 aliphatic rings. The van der Waals surface area contributed by atoms with E-state index < -0.39 is 0 Å². The molecule has 0 bridgehead atoms. The van der Waals surface area contributed by atoms with E-state index in [0.29, 0.717) is 0 Å². The molecule has 0 aliphatic heterocycles. The third kappa shape index (κ3) is 5.55. The maximum Gasteiger partial charge on any atom is 0.192 e. The van der Waals surface area contributed by atoms with E-state index in [0.717, 1.165) is 13.2 Å². The smallest absolute Gasteiger partial charge is 0.0786 e. The van der Waals surface area contributed by atoms with Gasteiger partial charge in [0.1, 0.15) is 0 Å². The summed E-state index contributed by atoms with van der Waals surface area (Å²) in [5, 5.41) is 0. The third-order valence-corrected chi connectivity index (χ3v) is 5.53. The second-order valence-electron chi connectivity index (χ2n) is 7.51. The Kier molecular flexibility index (Phi) is 7.02. The average Bonchev–Trinajstić information content (AvgIpc) is 2.68. The first kappa shape index (κ1) is 17.3. The fraction of sp³-hybridized carbons (Fsp3) is 0.478. The highest BCUT2D eigenvalue weighted by molar-refractivity contribution is 6.67. The maximum absolute atomic E-state index is 2.48. The first-order chi connectivity index (χ1) is 11.9. The zero-order chi connectivity index (χ0) is 16.5. The van der Waals surface area contributed by atoms with Crippen LogP contribution in [0.1, 0.15) is 75.7 Å². The van der Waals surface area contributed by atoms with Crippen LogP contribution in [-0.4, -0.2) is 7.28 Å². The van der Waals surface area contributed by atoms with Crippen LogP contribution in [0.25, 0.3) is 0 Å². The average molecular weight is 318 g/mol. The van der Waals surface area contributed by atoms with Crippen molar-refractivity contribution in [1.29, 1.82) is 0 Å². The summed E-state index contributed by atoms with van der Waals surface area (Å²) in [6.45, 7) is 0. The molecule has 3 rings (SSSR count). The lowest BCUT2D eigenvalue weighted by Gasteiger charge is -2.18. The molecule has 24 heavy (non-hydrogen) atoms. The Hall–Kier alpha value is -1.50. The van der Waals surface area contributed by atoms with Crippen LogP contribution in [0.15, 0.2) is 54.6 Å². The molecule has 0 aromatic heterocycles. The highest BCUT2D eigenvalue weighted by atomic mass is 14.2. The van der Waals surface area contributed by atoms with Crippen LogP contribution >= 0.6 is 0 Å². The van der Waals surface area contributed by atoms with Crippen LogP contribution in [-0.2, 0) is 0 Å². The second kappa shape index (κ2) is 9.72. The summed E-state index contributed by atoms with van der Waals surface area (Å²) in [7, 11) is 1.06. The molecular weight excluding hydrogens is 287 g/mol. The van der Waals surface area contributed by atoms with Gasteiger partial charge in [-0.05, 0) is 24.3 Å². The van der Waals surface area contributed by atoms with Gasteiger partial charge in [0.2, 0.25) is 0 Å². The zero-order valence-corrected chi connectivity index (χ0v) is 15.1. The van der Waals surface area contributed by atoms with Gasteiger partial charge in [0.15, 0.2) is 7.28 Å². The van der Waals surface area contributed by atoms with E-state index >= 15 is 0 Å². The van der Waals surface area contributed by atoms with Gasteiger partial charge in [-0.1, -0.05) is 117 Å². The van der Waals surface area contributed by atoms with Crippen LogP contribution in [0.2, 0.25) is 0 Å². The highest BCUT2D eigenvalue weighted by Crippen LogP contribution is 2.29. The molecule has 0 saturated heterocycles. The molecule has 126 valence electrons. The van der Waals surface area contributed by atoms with Crippen molar-refractivity contribution >= 4 is 18.2 Å². The van der Waals surface area contributed by atoms with Crippen molar-refractivity contribution in [2.75, 3.05) is 0 Å². The lowest BCUT2D eigenvalue weighted by atomic mass is 9.63. The van der Waals surface area contributed by atoms with Crippen LogP contribution in [0, 0.1) is 0 Å². The Labute approximate surface area is 148 Å². The van der Waals surface area contributed by atoms with Gasteiger partial charge in [-0.25, -0.2) is 0 Å². The largest absolute Gasteiger partial charge is 0.192 e. The van der Waals surface area contributed by atoms with Gasteiger partial charge >= 0.3 is 0 Å². The van der Waals surface area contributed by atoms with Crippen LogP contribution < -0.4 is 10.9 Å². The molecule has 0 nitrogen and oxygen atoms in total. The van der Waals surface area contributed by atoms with E-state index in [2.05, 4.69) is 54.6 Å². The molecule has 1 aliphatic carbocycles. The SMILES string of the molecule is B(c1ccccc1)c1cccc(C2CCCCCCCCCC2)c1. The van der Waals surface area contributed by atoms with Crippen molar-refractivity contribution in [1.82, 2.24) is 0 Å². The Balaban J connectivity index is 1.68. The number of hydrogen-bond acceptors (Lipinski definition) is 0. The van der Waals surface area contributed by atoms with Crippen LogP contribution in [0.4, 0.5) is 0 Å². The van der Waals surface area contributed by atoms with Crippen molar-refractivity contribution in [2.24, 2.45) is 0 Å². The predicted molar refractivity (Wildman–Crippen MR) is 108 cm³/mol.